The first-order valence-electron chi connectivity index (χ1n) is 12.5. The monoisotopic (exact) mass is 438 g/mol. The smallest absolute Gasteiger partial charge is 0.287 e. The van der Waals surface area contributed by atoms with Gasteiger partial charge in [0.05, 0.1) is 0 Å². The number of benzene rings is 1. The van der Waals surface area contributed by atoms with Crippen molar-refractivity contribution in [3.63, 3.8) is 0 Å². The molecule has 1 aliphatic heterocycles. The van der Waals surface area contributed by atoms with Crippen molar-refractivity contribution in [1.82, 2.24) is 21.1 Å². The van der Waals surface area contributed by atoms with E-state index in [0.717, 1.165) is 51.4 Å². The molecule has 4 fully saturated rings. The number of hydrazine groups is 1. The maximum absolute atomic E-state index is 12.3. The minimum Gasteiger partial charge on any atom is -0.346 e. The zero-order chi connectivity index (χ0) is 22.3. The van der Waals surface area contributed by atoms with Gasteiger partial charge in [0.2, 0.25) is 5.78 Å². The van der Waals surface area contributed by atoms with Gasteiger partial charge >= 0.3 is 0 Å². The molecule has 4 aliphatic rings. The molecule has 3 atom stereocenters. The van der Waals surface area contributed by atoms with Gasteiger partial charge in [-0.15, -0.1) is 0 Å². The number of amides is 1. The van der Waals surface area contributed by atoms with E-state index in [1.54, 1.807) is 0 Å². The van der Waals surface area contributed by atoms with Gasteiger partial charge in [-0.1, -0.05) is 36.8 Å². The van der Waals surface area contributed by atoms with Gasteiger partial charge in [-0.3, -0.25) is 25.3 Å². The van der Waals surface area contributed by atoms with Crippen LogP contribution >= 0.6 is 0 Å². The van der Waals surface area contributed by atoms with Crippen LogP contribution in [-0.4, -0.2) is 48.3 Å². The van der Waals surface area contributed by atoms with Gasteiger partial charge in [-0.2, -0.15) is 0 Å². The van der Waals surface area contributed by atoms with E-state index in [-0.39, 0.29) is 28.8 Å². The van der Waals surface area contributed by atoms with Crippen molar-refractivity contribution < 1.29 is 9.59 Å². The maximum Gasteiger partial charge on any atom is 0.287 e. The van der Waals surface area contributed by atoms with Crippen molar-refractivity contribution in [3.05, 3.63) is 35.9 Å². The molecule has 3 saturated carbocycles. The molecule has 0 bridgehead atoms. The van der Waals surface area contributed by atoms with Crippen molar-refractivity contribution in [3.8, 4) is 0 Å². The fraction of sp³-hybridized carbons (Fsp3) is 0.692. The van der Waals surface area contributed by atoms with Crippen LogP contribution in [0.25, 0.3) is 0 Å². The number of hydrogen-bond donors (Lipinski definition) is 3. The van der Waals surface area contributed by atoms with Crippen LogP contribution in [0.1, 0.15) is 69.8 Å². The first-order valence-corrected chi connectivity index (χ1v) is 12.5. The molecule has 32 heavy (non-hydrogen) atoms. The van der Waals surface area contributed by atoms with E-state index < -0.39 is 0 Å². The zero-order valence-electron chi connectivity index (χ0n) is 19.5. The highest BCUT2D eigenvalue weighted by molar-refractivity contribution is 6.36. The summed E-state index contributed by atoms with van der Waals surface area (Å²) in [6.45, 7) is 0. The van der Waals surface area contributed by atoms with Crippen molar-refractivity contribution in [2.24, 2.45) is 11.8 Å². The molecule has 1 unspecified atom stereocenters. The third kappa shape index (κ3) is 4.13. The molecular formula is C26H38N4O2. The van der Waals surface area contributed by atoms with Gasteiger partial charge in [-0.25, -0.2) is 0 Å². The van der Waals surface area contributed by atoms with E-state index in [9.17, 15) is 9.59 Å². The summed E-state index contributed by atoms with van der Waals surface area (Å²) in [6, 6.07) is 11.4. The molecule has 1 spiro atoms. The fourth-order valence-electron chi connectivity index (χ4n) is 6.37. The first-order chi connectivity index (χ1) is 15.4. The number of carbonyl (C=O) groups excluding carboxylic acids is 2. The molecule has 1 amide bonds. The van der Waals surface area contributed by atoms with Crippen LogP contribution in [0.15, 0.2) is 30.3 Å². The predicted molar refractivity (Wildman–Crippen MR) is 125 cm³/mol. The van der Waals surface area contributed by atoms with Crippen LogP contribution in [0.3, 0.4) is 0 Å². The third-order valence-corrected chi connectivity index (χ3v) is 8.96. The highest BCUT2D eigenvalue weighted by Crippen LogP contribution is 2.49. The number of hydrogen-bond acceptors (Lipinski definition) is 5. The second kappa shape index (κ2) is 8.54. The highest BCUT2D eigenvalue weighted by atomic mass is 16.2. The number of nitrogens with one attached hydrogen (secondary N) is 3. The highest BCUT2D eigenvalue weighted by Gasteiger charge is 2.53. The second-order valence-electron chi connectivity index (χ2n) is 11.1. The van der Waals surface area contributed by atoms with Crippen LogP contribution < -0.4 is 16.2 Å². The fourth-order valence-corrected chi connectivity index (χ4v) is 6.37. The van der Waals surface area contributed by atoms with E-state index in [0.29, 0.717) is 24.3 Å². The van der Waals surface area contributed by atoms with E-state index in [2.05, 4.69) is 65.5 Å². The number of carbonyl (C=O) groups is 2. The Morgan fingerprint density at radius 2 is 1.81 bits per heavy atom. The molecule has 1 saturated heterocycles. The number of Topliss-reactive ketones (excluding diaryl/α,β-unsaturated/α-hetero) is 1. The van der Waals surface area contributed by atoms with Gasteiger partial charge < -0.3 is 5.32 Å². The molecule has 6 nitrogen and oxygen atoms in total. The molecular weight excluding hydrogens is 400 g/mol. The van der Waals surface area contributed by atoms with E-state index in [1.807, 2.05) is 0 Å². The summed E-state index contributed by atoms with van der Waals surface area (Å²) in [7, 11) is 4.41. The second-order valence-corrected chi connectivity index (χ2v) is 11.1. The molecule has 1 aromatic carbocycles. The first kappa shape index (κ1) is 22.1. The molecule has 3 aliphatic carbocycles. The zero-order valence-corrected chi connectivity index (χ0v) is 19.5. The van der Waals surface area contributed by atoms with Crippen molar-refractivity contribution in [2.45, 2.75) is 87.4 Å². The van der Waals surface area contributed by atoms with Gasteiger partial charge in [0.15, 0.2) is 0 Å². The average molecular weight is 439 g/mol. The Bertz CT molecular complexity index is 843. The van der Waals surface area contributed by atoms with Crippen LogP contribution in [-0.2, 0) is 15.1 Å². The van der Waals surface area contributed by atoms with Gasteiger partial charge in [0.1, 0.15) is 0 Å². The van der Waals surface area contributed by atoms with E-state index in [4.69, 9.17) is 0 Å². The van der Waals surface area contributed by atoms with E-state index >= 15 is 0 Å². The van der Waals surface area contributed by atoms with Crippen molar-refractivity contribution in [2.75, 3.05) is 14.1 Å². The Morgan fingerprint density at radius 3 is 2.44 bits per heavy atom. The molecule has 3 N–H and O–H groups in total. The van der Waals surface area contributed by atoms with Crippen molar-refractivity contribution >= 4 is 11.7 Å². The Hall–Kier alpha value is -1.76. The standard InChI is InChI=1S/C26H38N4O2/c1-30(2)26(19-9-4-3-5-10-19)13-11-25(12-14-26)17-22(28-29-25)20-16-21(20)27-24(32)23(31)15-18-7-6-8-18/h3-5,9-10,18,20-22,28-29H,6-8,11-17H2,1-2H3,(H,27,32)/t20-,21+,22?,25?,26?/m1/s1. The van der Waals surface area contributed by atoms with Crippen LogP contribution in [0.2, 0.25) is 0 Å². The van der Waals surface area contributed by atoms with Gasteiger partial charge in [0.25, 0.3) is 5.91 Å². The normalized spacial score (nSPS) is 36.8. The lowest BCUT2D eigenvalue weighted by Crippen LogP contribution is -2.53. The van der Waals surface area contributed by atoms with Crippen LogP contribution in [0, 0.1) is 11.8 Å². The molecule has 1 aromatic rings. The predicted octanol–water partition coefficient (Wildman–Crippen LogP) is 2.89. The molecule has 174 valence electrons. The Labute approximate surface area is 191 Å². The van der Waals surface area contributed by atoms with Gasteiger partial charge in [0, 0.05) is 29.6 Å². The maximum atomic E-state index is 12.3. The lowest BCUT2D eigenvalue weighted by Gasteiger charge is -2.49. The van der Waals surface area contributed by atoms with Gasteiger partial charge in [-0.05, 0) is 82.9 Å². The average Bonchev–Trinajstić information content (AvgIpc) is 3.41. The topological polar surface area (TPSA) is 73.5 Å². The summed E-state index contributed by atoms with van der Waals surface area (Å²) in [6.07, 6.45) is 10.4. The summed E-state index contributed by atoms with van der Waals surface area (Å²) < 4.78 is 0. The van der Waals surface area contributed by atoms with E-state index in [1.165, 1.54) is 12.0 Å². The molecule has 6 heteroatoms. The Balaban J connectivity index is 1.14. The third-order valence-electron chi connectivity index (χ3n) is 8.96. The molecule has 0 radical (unpaired) electrons. The largest absolute Gasteiger partial charge is 0.346 e. The summed E-state index contributed by atoms with van der Waals surface area (Å²) in [4.78, 5) is 26.9. The summed E-state index contributed by atoms with van der Waals surface area (Å²) in [5.74, 6) is 0.293. The number of nitrogens with zero attached hydrogens (tertiary/aromatic N) is 1. The molecule has 5 rings (SSSR count). The summed E-state index contributed by atoms with van der Waals surface area (Å²) in [5.41, 5.74) is 8.87. The molecule has 1 heterocycles. The lowest BCUT2D eigenvalue weighted by molar-refractivity contribution is -0.138. The quantitative estimate of drug-likeness (QED) is 0.571. The Morgan fingerprint density at radius 1 is 1.09 bits per heavy atom. The van der Waals surface area contributed by atoms with Crippen LogP contribution in [0.5, 0.6) is 0 Å². The molecule has 0 aromatic heterocycles. The minimum atomic E-state index is -0.360. The van der Waals surface area contributed by atoms with Crippen LogP contribution in [0.4, 0.5) is 0 Å². The SMILES string of the molecule is CN(C)C1(c2ccccc2)CCC2(CC1)CC([C@@H]1C[C@@H]1NC(=O)C(=O)CC1CCC1)NN2. The number of ketones is 1. The summed E-state index contributed by atoms with van der Waals surface area (Å²) >= 11 is 0. The number of rotatable bonds is 7. The summed E-state index contributed by atoms with van der Waals surface area (Å²) in [5, 5.41) is 3.01. The minimum absolute atomic E-state index is 0.100. The van der Waals surface area contributed by atoms with Crippen molar-refractivity contribution in [1.29, 1.82) is 0 Å². The lowest BCUT2D eigenvalue weighted by atomic mass is 9.67. The Kier molecular flexibility index (Phi) is 5.89.